The molecule has 0 spiro atoms. The Kier molecular flexibility index (Phi) is 3.65. The molecular weight excluding hydrogens is 261 g/mol. The Balaban J connectivity index is 2.21. The van der Waals surface area contributed by atoms with Crippen LogP contribution in [0.1, 0.15) is 20.7 Å². The van der Waals surface area contributed by atoms with Crippen LogP contribution in [-0.4, -0.2) is 11.8 Å². The number of primary amides is 1. The van der Waals surface area contributed by atoms with Gasteiger partial charge in [-0.3, -0.25) is 9.59 Å². The Morgan fingerprint density at radius 2 is 1.80 bits per heavy atom. The minimum absolute atomic E-state index is 0.0303. The van der Waals surface area contributed by atoms with Crippen LogP contribution in [-0.2, 0) is 0 Å². The van der Waals surface area contributed by atoms with Crippen LogP contribution in [0.3, 0.4) is 0 Å². The van der Waals surface area contributed by atoms with E-state index in [9.17, 15) is 14.0 Å². The summed E-state index contributed by atoms with van der Waals surface area (Å²) in [5.41, 5.74) is 11.2. The van der Waals surface area contributed by atoms with Crippen LogP contribution in [0.4, 0.5) is 15.8 Å². The summed E-state index contributed by atoms with van der Waals surface area (Å²) in [4.78, 5) is 23.0. The van der Waals surface area contributed by atoms with Gasteiger partial charge in [0.15, 0.2) is 0 Å². The molecule has 0 bridgehead atoms. The molecule has 0 heterocycles. The van der Waals surface area contributed by atoms with Gasteiger partial charge in [-0.05, 0) is 36.4 Å². The summed E-state index contributed by atoms with van der Waals surface area (Å²) in [5, 5.41) is 2.55. The number of hydrogen-bond acceptors (Lipinski definition) is 3. The number of rotatable bonds is 3. The average Bonchev–Trinajstić information content (AvgIpc) is 2.42. The van der Waals surface area contributed by atoms with Crippen LogP contribution < -0.4 is 16.8 Å². The Morgan fingerprint density at radius 3 is 2.45 bits per heavy atom. The van der Waals surface area contributed by atoms with Gasteiger partial charge < -0.3 is 16.8 Å². The minimum atomic E-state index is -0.663. The molecule has 2 rings (SSSR count). The molecule has 20 heavy (non-hydrogen) atoms. The second-order valence-corrected chi connectivity index (χ2v) is 4.14. The van der Waals surface area contributed by atoms with Crippen molar-refractivity contribution in [3.8, 4) is 0 Å². The largest absolute Gasteiger partial charge is 0.396 e. The molecule has 0 saturated carbocycles. The van der Waals surface area contributed by atoms with Crippen LogP contribution in [0.2, 0.25) is 0 Å². The number of amides is 2. The van der Waals surface area contributed by atoms with E-state index in [0.717, 1.165) is 6.07 Å². The van der Waals surface area contributed by atoms with Gasteiger partial charge in [-0.2, -0.15) is 0 Å². The van der Waals surface area contributed by atoms with Gasteiger partial charge in [0, 0.05) is 16.8 Å². The maximum Gasteiger partial charge on any atom is 0.255 e. The molecule has 0 atom stereocenters. The van der Waals surface area contributed by atoms with E-state index in [1.807, 2.05) is 0 Å². The smallest absolute Gasteiger partial charge is 0.255 e. The van der Waals surface area contributed by atoms with E-state index >= 15 is 0 Å². The Bertz CT molecular complexity index is 686. The van der Waals surface area contributed by atoms with E-state index < -0.39 is 17.6 Å². The normalized spacial score (nSPS) is 10.1. The zero-order chi connectivity index (χ0) is 14.7. The van der Waals surface area contributed by atoms with Crippen LogP contribution >= 0.6 is 0 Å². The van der Waals surface area contributed by atoms with E-state index in [2.05, 4.69) is 5.32 Å². The lowest BCUT2D eigenvalue weighted by atomic mass is 10.1. The first-order chi connectivity index (χ1) is 9.47. The number of anilines is 2. The van der Waals surface area contributed by atoms with E-state index in [4.69, 9.17) is 11.5 Å². The van der Waals surface area contributed by atoms with E-state index in [-0.39, 0.29) is 16.8 Å². The zero-order valence-electron chi connectivity index (χ0n) is 10.4. The Hall–Kier alpha value is -2.89. The van der Waals surface area contributed by atoms with Crippen molar-refractivity contribution >= 4 is 23.2 Å². The number of halogens is 1. The summed E-state index contributed by atoms with van der Waals surface area (Å²) in [7, 11) is 0. The first kappa shape index (κ1) is 13.5. The highest BCUT2D eigenvalue weighted by molar-refractivity contribution is 6.05. The van der Waals surface area contributed by atoms with Crippen LogP contribution in [0.15, 0.2) is 42.5 Å². The highest BCUT2D eigenvalue weighted by Crippen LogP contribution is 2.15. The van der Waals surface area contributed by atoms with Gasteiger partial charge in [-0.1, -0.05) is 6.07 Å². The number of nitrogens with one attached hydrogen (secondary N) is 1. The van der Waals surface area contributed by atoms with Crippen molar-refractivity contribution in [3.05, 3.63) is 59.4 Å². The van der Waals surface area contributed by atoms with Crippen molar-refractivity contribution in [2.75, 3.05) is 11.1 Å². The minimum Gasteiger partial charge on any atom is -0.396 e. The number of carbonyl (C=O) groups is 2. The van der Waals surface area contributed by atoms with Crippen LogP contribution in [0, 0.1) is 5.82 Å². The molecule has 6 heteroatoms. The summed E-state index contributed by atoms with van der Waals surface area (Å²) in [6, 6.07) is 9.91. The summed E-state index contributed by atoms with van der Waals surface area (Å²) >= 11 is 0. The number of nitrogen functional groups attached to an aromatic ring is 1. The molecule has 5 N–H and O–H groups in total. The van der Waals surface area contributed by atoms with E-state index in [0.29, 0.717) is 5.69 Å². The van der Waals surface area contributed by atoms with Crippen molar-refractivity contribution in [1.82, 2.24) is 0 Å². The van der Waals surface area contributed by atoms with Gasteiger partial charge in [0.1, 0.15) is 5.82 Å². The molecule has 0 aliphatic rings. The van der Waals surface area contributed by atoms with Crippen molar-refractivity contribution in [1.29, 1.82) is 0 Å². The molecule has 102 valence electrons. The van der Waals surface area contributed by atoms with E-state index in [1.165, 1.54) is 24.3 Å². The first-order valence-corrected chi connectivity index (χ1v) is 5.73. The lowest BCUT2D eigenvalue weighted by molar-refractivity contribution is 0.0996. The lowest BCUT2D eigenvalue weighted by Crippen LogP contribution is -2.14. The van der Waals surface area contributed by atoms with Crippen molar-refractivity contribution in [3.63, 3.8) is 0 Å². The molecule has 0 saturated heterocycles. The van der Waals surface area contributed by atoms with Crippen LogP contribution in [0.5, 0.6) is 0 Å². The van der Waals surface area contributed by atoms with Crippen LogP contribution in [0.25, 0.3) is 0 Å². The van der Waals surface area contributed by atoms with Gasteiger partial charge in [-0.25, -0.2) is 4.39 Å². The number of nitrogens with two attached hydrogens (primary N) is 2. The predicted octanol–water partition coefficient (Wildman–Crippen LogP) is 1.76. The highest BCUT2D eigenvalue weighted by atomic mass is 19.1. The maximum absolute atomic E-state index is 13.3. The molecule has 2 aromatic carbocycles. The summed E-state index contributed by atoms with van der Waals surface area (Å²) < 4.78 is 13.3. The second-order valence-electron chi connectivity index (χ2n) is 4.14. The molecular formula is C14H12FN3O2. The van der Waals surface area contributed by atoms with Crippen molar-refractivity contribution < 1.29 is 14.0 Å². The van der Waals surface area contributed by atoms with Crippen molar-refractivity contribution in [2.24, 2.45) is 5.73 Å². The Morgan fingerprint density at radius 1 is 1.05 bits per heavy atom. The standard InChI is InChI=1S/C14H12FN3O2/c15-11-7-9(4-5-12(11)16)14(20)18-10-3-1-2-8(6-10)13(17)19/h1-7H,16H2,(H2,17,19)(H,18,20). The third-order valence-corrected chi connectivity index (χ3v) is 2.67. The summed E-state index contributed by atoms with van der Waals surface area (Å²) in [6.45, 7) is 0. The van der Waals surface area contributed by atoms with Gasteiger partial charge in [0.2, 0.25) is 5.91 Å². The molecule has 0 aliphatic heterocycles. The highest BCUT2D eigenvalue weighted by Gasteiger charge is 2.09. The number of hydrogen-bond donors (Lipinski definition) is 3. The fourth-order valence-corrected chi connectivity index (χ4v) is 1.62. The third kappa shape index (κ3) is 2.92. The summed E-state index contributed by atoms with van der Waals surface area (Å²) in [5.74, 6) is -1.77. The monoisotopic (exact) mass is 273 g/mol. The summed E-state index contributed by atoms with van der Waals surface area (Å²) in [6.07, 6.45) is 0. The molecule has 0 fully saturated rings. The fourth-order valence-electron chi connectivity index (χ4n) is 1.62. The molecule has 0 aromatic heterocycles. The average molecular weight is 273 g/mol. The zero-order valence-corrected chi connectivity index (χ0v) is 10.4. The number of benzene rings is 2. The number of carbonyl (C=O) groups excluding carboxylic acids is 2. The molecule has 0 unspecified atom stereocenters. The molecule has 2 amide bonds. The Labute approximate surface area is 114 Å². The van der Waals surface area contributed by atoms with Gasteiger partial charge in [0.25, 0.3) is 5.91 Å². The predicted molar refractivity (Wildman–Crippen MR) is 73.7 cm³/mol. The van der Waals surface area contributed by atoms with Gasteiger partial charge >= 0.3 is 0 Å². The maximum atomic E-state index is 13.3. The second kappa shape index (κ2) is 5.40. The lowest BCUT2D eigenvalue weighted by Gasteiger charge is -2.07. The third-order valence-electron chi connectivity index (χ3n) is 2.67. The first-order valence-electron chi connectivity index (χ1n) is 5.73. The molecule has 5 nitrogen and oxygen atoms in total. The fraction of sp³-hybridized carbons (Fsp3) is 0. The quantitative estimate of drug-likeness (QED) is 0.743. The SMILES string of the molecule is NC(=O)c1cccc(NC(=O)c2ccc(N)c(F)c2)c1. The van der Waals surface area contributed by atoms with Crippen molar-refractivity contribution in [2.45, 2.75) is 0 Å². The van der Waals surface area contributed by atoms with Gasteiger partial charge in [0.05, 0.1) is 5.69 Å². The molecule has 2 aromatic rings. The molecule has 0 radical (unpaired) electrons. The van der Waals surface area contributed by atoms with Gasteiger partial charge in [-0.15, -0.1) is 0 Å². The topological polar surface area (TPSA) is 98.2 Å². The molecule has 0 aliphatic carbocycles. The van der Waals surface area contributed by atoms with E-state index in [1.54, 1.807) is 12.1 Å².